The Hall–Kier alpha value is -1.95. The van der Waals surface area contributed by atoms with Gasteiger partial charge in [-0.25, -0.2) is 4.39 Å². The van der Waals surface area contributed by atoms with Crippen LogP contribution in [0.2, 0.25) is 0 Å². The quantitative estimate of drug-likeness (QED) is 0.828. The largest absolute Gasteiger partial charge is 0.454 e. The number of benzene rings is 2. The van der Waals surface area contributed by atoms with Gasteiger partial charge in [-0.05, 0) is 34.1 Å². The van der Waals surface area contributed by atoms with E-state index in [0.717, 1.165) is 5.69 Å². The Labute approximate surface area is 117 Å². The van der Waals surface area contributed by atoms with Gasteiger partial charge in [0.25, 0.3) is 0 Å². The molecule has 0 spiro atoms. The van der Waals surface area contributed by atoms with Crippen LogP contribution in [0.25, 0.3) is 0 Å². The molecule has 0 aromatic heterocycles. The maximum atomic E-state index is 13.3. The van der Waals surface area contributed by atoms with Crippen molar-refractivity contribution in [1.29, 1.82) is 0 Å². The van der Waals surface area contributed by atoms with E-state index in [1.54, 1.807) is 18.2 Å². The minimum absolute atomic E-state index is 0.225. The minimum atomic E-state index is -0.395. The van der Waals surface area contributed by atoms with Crippen LogP contribution in [0.3, 0.4) is 0 Å². The van der Waals surface area contributed by atoms with Gasteiger partial charge in [0.2, 0.25) is 6.79 Å². The molecule has 2 aromatic rings. The average Bonchev–Trinajstić information content (AvgIpc) is 2.83. The Balaban J connectivity index is 1.91. The van der Waals surface area contributed by atoms with E-state index in [4.69, 9.17) is 15.2 Å². The molecule has 1 aliphatic rings. The molecule has 19 heavy (non-hydrogen) atoms. The normalized spacial score (nSPS) is 12.5. The number of nitrogens with one attached hydrogen (secondary N) is 1. The second-order valence-corrected chi connectivity index (χ2v) is 4.90. The molecule has 4 nitrogen and oxygen atoms in total. The van der Waals surface area contributed by atoms with E-state index in [0.29, 0.717) is 27.3 Å². The lowest BCUT2D eigenvalue weighted by Crippen LogP contribution is -1.97. The van der Waals surface area contributed by atoms with Crippen molar-refractivity contribution in [3.63, 3.8) is 0 Å². The third-order valence-electron chi connectivity index (χ3n) is 2.74. The van der Waals surface area contributed by atoms with Gasteiger partial charge < -0.3 is 20.5 Å². The van der Waals surface area contributed by atoms with Crippen molar-refractivity contribution in [2.75, 3.05) is 17.8 Å². The molecule has 0 radical (unpaired) electrons. The first-order valence-corrected chi connectivity index (χ1v) is 6.34. The van der Waals surface area contributed by atoms with E-state index in [-0.39, 0.29) is 6.79 Å². The molecule has 3 N–H and O–H groups in total. The number of nitrogens with two attached hydrogens (primary N) is 1. The predicted molar refractivity (Wildman–Crippen MR) is 74.4 cm³/mol. The molecule has 0 aliphatic carbocycles. The van der Waals surface area contributed by atoms with E-state index in [2.05, 4.69) is 21.2 Å². The summed E-state index contributed by atoms with van der Waals surface area (Å²) in [6.45, 7) is 0.225. The summed E-state index contributed by atoms with van der Waals surface area (Å²) in [5.74, 6) is 0.984. The number of hydrogen-bond acceptors (Lipinski definition) is 4. The average molecular weight is 325 g/mol. The monoisotopic (exact) mass is 324 g/mol. The summed E-state index contributed by atoms with van der Waals surface area (Å²) in [6, 6.07) is 8.30. The number of rotatable bonds is 2. The van der Waals surface area contributed by atoms with E-state index in [1.807, 2.05) is 6.07 Å². The second kappa shape index (κ2) is 4.62. The topological polar surface area (TPSA) is 56.5 Å². The highest BCUT2D eigenvalue weighted by molar-refractivity contribution is 9.10. The van der Waals surface area contributed by atoms with Crippen molar-refractivity contribution in [2.45, 2.75) is 0 Å². The third kappa shape index (κ3) is 2.31. The lowest BCUT2D eigenvalue weighted by molar-refractivity contribution is 0.174. The predicted octanol–water partition coefficient (Wildman–Crippen LogP) is 3.64. The summed E-state index contributed by atoms with van der Waals surface area (Å²) in [7, 11) is 0. The standard InChI is InChI=1S/C13H10BrFN2O2/c14-8-4-11(10(16)5-9(8)15)17-7-1-2-12-13(3-7)19-6-18-12/h1-5,17H,6,16H2. The molecule has 0 saturated heterocycles. The summed E-state index contributed by atoms with van der Waals surface area (Å²) in [5, 5.41) is 3.11. The SMILES string of the molecule is Nc1cc(F)c(Br)cc1Nc1ccc2c(c1)OCO2. The van der Waals surface area contributed by atoms with Crippen molar-refractivity contribution in [2.24, 2.45) is 0 Å². The molecule has 0 fully saturated rings. The van der Waals surface area contributed by atoms with Crippen molar-refractivity contribution in [3.8, 4) is 11.5 Å². The summed E-state index contributed by atoms with van der Waals surface area (Å²) in [4.78, 5) is 0. The molecule has 0 saturated carbocycles. The Morgan fingerprint density at radius 3 is 2.79 bits per heavy atom. The van der Waals surface area contributed by atoms with Crippen LogP contribution in [0.1, 0.15) is 0 Å². The van der Waals surface area contributed by atoms with E-state index in [1.165, 1.54) is 6.07 Å². The van der Waals surface area contributed by atoms with Crippen molar-refractivity contribution >= 4 is 33.0 Å². The zero-order chi connectivity index (χ0) is 13.4. The van der Waals surface area contributed by atoms with Crippen LogP contribution in [0.5, 0.6) is 11.5 Å². The number of halogens is 2. The first kappa shape index (κ1) is 12.1. The van der Waals surface area contributed by atoms with Gasteiger partial charge in [-0.15, -0.1) is 0 Å². The lowest BCUT2D eigenvalue weighted by atomic mass is 10.2. The number of anilines is 3. The molecule has 0 bridgehead atoms. The molecule has 6 heteroatoms. The maximum absolute atomic E-state index is 13.3. The van der Waals surface area contributed by atoms with Crippen LogP contribution in [0.15, 0.2) is 34.8 Å². The zero-order valence-electron chi connectivity index (χ0n) is 9.74. The Morgan fingerprint density at radius 2 is 1.95 bits per heavy atom. The van der Waals surface area contributed by atoms with Gasteiger partial charge in [0, 0.05) is 17.8 Å². The molecule has 1 heterocycles. The highest BCUT2D eigenvalue weighted by Gasteiger charge is 2.14. The van der Waals surface area contributed by atoms with Crippen LogP contribution in [-0.4, -0.2) is 6.79 Å². The highest BCUT2D eigenvalue weighted by atomic mass is 79.9. The summed E-state index contributed by atoms with van der Waals surface area (Å²) in [5.41, 5.74) is 7.51. The fourth-order valence-electron chi connectivity index (χ4n) is 1.80. The van der Waals surface area contributed by atoms with Crippen molar-refractivity contribution in [3.05, 3.63) is 40.6 Å². The van der Waals surface area contributed by atoms with E-state index in [9.17, 15) is 4.39 Å². The van der Waals surface area contributed by atoms with Crippen LogP contribution in [0.4, 0.5) is 21.5 Å². The molecule has 3 rings (SSSR count). The smallest absolute Gasteiger partial charge is 0.231 e. The first-order chi connectivity index (χ1) is 9.13. The molecular formula is C13H10BrFN2O2. The van der Waals surface area contributed by atoms with Gasteiger partial charge in [-0.3, -0.25) is 0 Å². The van der Waals surface area contributed by atoms with Gasteiger partial charge in [-0.1, -0.05) is 0 Å². The molecule has 0 unspecified atom stereocenters. The third-order valence-corrected chi connectivity index (χ3v) is 3.35. The van der Waals surface area contributed by atoms with Crippen molar-refractivity contribution in [1.82, 2.24) is 0 Å². The van der Waals surface area contributed by atoms with Crippen LogP contribution in [0, 0.1) is 5.82 Å². The first-order valence-electron chi connectivity index (χ1n) is 5.54. The summed E-state index contributed by atoms with van der Waals surface area (Å²) >= 11 is 3.13. The summed E-state index contributed by atoms with van der Waals surface area (Å²) in [6.07, 6.45) is 0. The Kier molecular flexibility index (Phi) is 2.94. The fourth-order valence-corrected chi connectivity index (χ4v) is 2.14. The van der Waals surface area contributed by atoms with Gasteiger partial charge in [-0.2, -0.15) is 0 Å². The molecule has 0 amide bonds. The lowest BCUT2D eigenvalue weighted by Gasteiger charge is -2.11. The number of ether oxygens (including phenoxy) is 2. The molecule has 2 aromatic carbocycles. The fraction of sp³-hybridized carbons (Fsp3) is 0.0769. The molecular weight excluding hydrogens is 315 g/mol. The zero-order valence-corrected chi connectivity index (χ0v) is 11.3. The molecule has 0 atom stereocenters. The van der Waals surface area contributed by atoms with Crippen molar-refractivity contribution < 1.29 is 13.9 Å². The van der Waals surface area contributed by atoms with Crippen LogP contribution in [-0.2, 0) is 0 Å². The highest BCUT2D eigenvalue weighted by Crippen LogP contribution is 2.36. The second-order valence-electron chi connectivity index (χ2n) is 4.05. The van der Waals surface area contributed by atoms with Gasteiger partial charge in [0.15, 0.2) is 11.5 Å². The van der Waals surface area contributed by atoms with Crippen LogP contribution >= 0.6 is 15.9 Å². The van der Waals surface area contributed by atoms with E-state index >= 15 is 0 Å². The Bertz CT molecular complexity index is 649. The maximum Gasteiger partial charge on any atom is 0.231 e. The van der Waals surface area contributed by atoms with Gasteiger partial charge in [0.05, 0.1) is 15.8 Å². The van der Waals surface area contributed by atoms with Gasteiger partial charge >= 0.3 is 0 Å². The Morgan fingerprint density at radius 1 is 1.16 bits per heavy atom. The van der Waals surface area contributed by atoms with Crippen LogP contribution < -0.4 is 20.5 Å². The molecule has 1 aliphatic heterocycles. The number of fused-ring (bicyclic) bond motifs is 1. The number of nitrogen functional groups attached to an aromatic ring is 1. The minimum Gasteiger partial charge on any atom is -0.454 e. The number of hydrogen-bond donors (Lipinski definition) is 2. The van der Waals surface area contributed by atoms with E-state index < -0.39 is 5.82 Å². The summed E-state index contributed by atoms with van der Waals surface area (Å²) < 4.78 is 24.2. The molecule has 98 valence electrons. The van der Waals surface area contributed by atoms with Gasteiger partial charge in [0.1, 0.15) is 5.82 Å².